The molecule has 1 aliphatic carbocycles. The third-order valence-corrected chi connectivity index (χ3v) is 7.55. The molecule has 30 heavy (non-hydrogen) atoms. The molecule has 0 radical (unpaired) electrons. The fourth-order valence-corrected chi connectivity index (χ4v) is 4.91. The number of hydrogen-bond donors (Lipinski definition) is 1. The minimum absolute atomic E-state index is 0.0680. The van der Waals surface area contributed by atoms with Crippen LogP contribution in [0.5, 0.6) is 5.75 Å². The summed E-state index contributed by atoms with van der Waals surface area (Å²) in [5, 5.41) is 3.52. The van der Waals surface area contributed by atoms with Gasteiger partial charge in [-0.25, -0.2) is 8.42 Å². The van der Waals surface area contributed by atoms with Gasteiger partial charge in [0.1, 0.15) is 5.75 Å². The highest BCUT2D eigenvalue weighted by atomic mass is 35.5. The zero-order valence-electron chi connectivity index (χ0n) is 17.2. The topological polar surface area (TPSA) is 75.7 Å². The van der Waals surface area contributed by atoms with Gasteiger partial charge in [-0.1, -0.05) is 31.4 Å². The molecule has 2 aromatic carbocycles. The van der Waals surface area contributed by atoms with Gasteiger partial charge < -0.3 is 10.1 Å². The Bertz CT molecular complexity index is 962. The van der Waals surface area contributed by atoms with Crippen molar-refractivity contribution in [1.29, 1.82) is 0 Å². The monoisotopic (exact) mass is 450 g/mol. The third kappa shape index (κ3) is 5.46. The summed E-state index contributed by atoms with van der Waals surface area (Å²) in [5.74, 6) is 0.850. The molecule has 0 saturated heterocycles. The molecule has 1 saturated carbocycles. The van der Waals surface area contributed by atoms with Crippen LogP contribution in [0.4, 0.5) is 5.69 Å². The van der Waals surface area contributed by atoms with E-state index >= 15 is 0 Å². The van der Waals surface area contributed by atoms with Crippen LogP contribution in [-0.2, 0) is 14.8 Å². The molecule has 0 bridgehead atoms. The maximum atomic E-state index is 12.8. The molecular formula is C22H27ClN2O4S. The number of nitrogens with zero attached hydrogens (tertiary/aromatic N) is 1. The van der Waals surface area contributed by atoms with Crippen LogP contribution < -0.4 is 14.4 Å². The van der Waals surface area contributed by atoms with Gasteiger partial charge in [0, 0.05) is 18.1 Å². The lowest BCUT2D eigenvalue weighted by Gasteiger charge is -2.29. The molecule has 3 rings (SSSR count). The van der Waals surface area contributed by atoms with Gasteiger partial charge in [-0.3, -0.25) is 9.10 Å². The first-order valence-electron chi connectivity index (χ1n) is 10.0. The van der Waals surface area contributed by atoms with Gasteiger partial charge in [0.2, 0.25) is 0 Å². The van der Waals surface area contributed by atoms with Crippen LogP contribution in [0.3, 0.4) is 0 Å². The smallest absolute Gasteiger partial charge is 0.264 e. The van der Waals surface area contributed by atoms with Crippen molar-refractivity contribution in [2.75, 3.05) is 18.0 Å². The van der Waals surface area contributed by atoms with Gasteiger partial charge in [-0.15, -0.1) is 0 Å². The zero-order valence-corrected chi connectivity index (χ0v) is 18.7. The van der Waals surface area contributed by atoms with Gasteiger partial charge >= 0.3 is 0 Å². The Morgan fingerprint density at radius 1 is 1.10 bits per heavy atom. The Balaban J connectivity index is 1.57. The van der Waals surface area contributed by atoms with Gasteiger partial charge in [-0.2, -0.15) is 0 Å². The van der Waals surface area contributed by atoms with Crippen LogP contribution in [0.15, 0.2) is 53.4 Å². The number of carbonyl (C=O) groups is 1. The third-order valence-electron chi connectivity index (χ3n) is 5.50. The highest BCUT2D eigenvalue weighted by Gasteiger charge is 2.23. The van der Waals surface area contributed by atoms with Crippen LogP contribution in [0.1, 0.15) is 32.6 Å². The molecule has 2 unspecified atom stereocenters. The van der Waals surface area contributed by atoms with Crippen LogP contribution in [0.25, 0.3) is 0 Å². The maximum Gasteiger partial charge on any atom is 0.264 e. The van der Waals surface area contributed by atoms with Crippen molar-refractivity contribution in [3.63, 3.8) is 0 Å². The number of amides is 1. The lowest BCUT2D eigenvalue weighted by Crippen LogP contribution is -2.43. The van der Waals surface area contributed by atoms with Gasteiger partial charge in [-0.05, 0) is 67.3 Å². The Hall–Kier alpha value is -2.25. The largest absolute Gasteiger partial charge is 0.484 e. The number of hydrogen-bond acceptors (Lipinski definition) is 4. The highest BCUT2D eigenvalue weighted by molar-refractivity contribution is 7.92. The molecule has 162 valence electrons. The van der Waals surface area contributed by atoms with Crippen LogP contribution >= 0.6 is 11.6 Å². The predicted molar refractivity (Wildman–Crippen MR) is 119 cm³/mol. The summed E-state index contributed by atoms with van der Waals surface area (Å²) in [7, 11) is -2.21. The van der Waals surface area contributed by atoms with Gasteiger partial charge in [0.25, 0.3) is 15.9 Å². The molecule has 1 fully saturated rings. The minimum Gasteiger partial charge on any atom is -0.484 e. The average molecular weight is 451 g/mol. The zero-order chi connectivity index (χ0) is 21.7. The van der Waals surface area contributed by atoms with E-state index in [4.69, 9.17) is 16.3 Å². The number of anilines is 1. The first-order chi connectivity index (χ1) is 14.3. The summed E-state index contributed by atoms with van der Waals surface area (Å²) < 4.78 is 32.3. The van der Waals surface area contributed by atoms with Crippen molar-refractivity contribution in [3.05, 3.63) is 53.6 Å². The molecule has 0 heterocycles. The number of halogens is 1. The molecule has 0 spiro atoms. The van der Waals surface area contributed by atoms with Crippen molar-refractivity contribution >= 4 is 33.2 Å². The van der Waals surface area contributed by atoms with Crippen molar-refractivity contribution in [2.45, 2.75) is 43.5 Å². The second-order valence-electron chi connectivity index (χ2n) is 7.64. The molecular weight excluding hydrogens is 424 g/mol. The summed E-state index contributed by atoms with van der Waals surface area (Å²) in [6, 6.07) is 12.8. The predicted octanol–water partition coefficient (Wildman–Crippen LogP) is 4.24. The Labute approximate surface area is 183 Å². The van der Waals surface area contributed by atoms with E-state index in [1.165, 1.54) is 29.9 Å². The van der Waals surface area contributed by atoms with Crippen LogP contribution in [0, 0.1) is 5.92 Å². The molecule has 0 aliphatic heterocycles. The van der Waals surface area contributed by atoms with E-state index in [0.717, 1.165) is 19.3 Å². The summed E-state index contributed by atoms with van der Waals surface area (Å²) in [6.07, 6.45) is 4.51. The van der Waals surface area contributed by atoms with E-state index in [1.807, 2.05) is 0 Å². The Kier molecular flexibility index (Phi) is 7.26. The van der Waals surface area contributed by atoms with Crippen molar-refractivity contribution < 1.29 is 17.9 Å². The molecule has 1 N–H and O–H groups in total. The average Bonchev–Trinajstić information content (AvgIpc) is 2.74. The summed E-state index contributed by atoms with van der Waals surface area (Å²) in [4.78, 5) is 12.3. The second-order valence-corrected chi connectivity index (χ2v) is 10.1. The number of sulfonamides is 1. The maximum absolute atomic E-state index is 12.8. The molecule has 0 aromatic heterocycles. The lowest BCUT2D eigenvalue weighted by atomic mass is 9.86. The van der Waals surface area contributed by atoms with Gasteiger partial charge in [0.15, 0.2) is 6.61 Å². The molecule has 6 nitrogen and oxygen atoms in total. The first-order valence-corrected chi connectivity index (χ1v) is 11.9. The fourth-order valence-electron chi connectivity index (χ4n) is 3.58. The fraction of sp³-hybridized carbons (Fsp3) is 0.409. The van der Waals surface area contributed by atoms with E-state index in [1.54, 1.807) is 36.4 Å². The standard InChI is InChI=1S/C22H27ClN2O4S/c1-16-5-3-4-6-21(16)24-22(26)15-29-19-11-9-18(10-12-19)25(2)30(27,28)20-13-7-17(23)8-14-20/h7-14,16,21H,3-6,15H2,1-2H3,(H,24,26). The molecule has 2 atom stereocenters. The molecule has 8 heteroatoms. The van der Waals surface area contributed by atoms with Crippen LogP contribution in [0.2, 0.25) is 5.02 Å². The van der Waals surface area contributed by atoms with Crippen molar-refractivity contribution in [3.8, 4) is 5.75 Å². The van der Waals surface area contributed by atoms with E-state index in [0.29, 0.717) is 22.4 Å². The summed E-state index contributed by atoms with van der Waals surface area (Å²) >= 11 is 5.84. The summed E-state index contributed by atoms with van der Waals surface area (Å²) in [6.45, 7) is 2.10. The van der Waals surface area contributed by atoms with E-state index in [9.17, 15) is 13.2 Å². The Morgan fingerprint density at radius 2 is 1.73 bits per heavy atom. The van der Waals surface area contributed by atoms with Crippen LogP contribution in [-0.4, -0.2) is 34.0 Å². The van der Waals surface area contributed by atoms with Crippen molar-refractivity contribution in [2.24, 2.45) is 5.92 Å². The number of carbonyl (C=O) groups excluding carboxylic acids is 1. The molecule has 1 amide bonds. The molecule has 1 aliphatic rings. The minimum atomic E-state index is -3.70. The molecule has 2 aromatic rings. The van der Waals surface area contributed by atoms with E-state index in [2.05, 4.69) is 12.2 Å². The number of nitrogens with one attached hydrogen (secondary N) is 1. The first kappa shape index (κ1) is 22.4. The van der Waals surface area contributed by atoms with E-state index < -0.39 is 10.0 Å². The normalized spacial score (nSPS) is 19.2. The number of benzene rings is 2. The second kappa shape index (κ2) is 9.71. The number of ether oxygens (including phenoxy) is 1. The number of rotatable bonds is 7. The van der Waals surface area contributed by atoms with Gasteiger partial charge in [0.05, 0.1) is 10.6 Å². The van der Waals surface area contributed by atoms with E-state index in [-0.39, 0.29) is 23.5 Å². The SMILES string of the molecule is CC1CCCCC1NC(=O)COc1ccc(N(C)S(=O)(=O)c2ccc(Cl)cc2)cc1. The lowest BCUT2D eigenvalue weighted by molar-refractivity contribution is -0.124. The quantitative estimate of drug-likeness (QED) is 0.684. The van der Waals surface area contributed by atoms with Crippen molar-refractivity contribution in [1.82, 2.24) is 5.32 Å². The summed E-state index contributed by atoms with van der Waals surface area (Å²) in [5.41, 5.74) is 0.484. The highest BCUT2D eigenvalue weighted by Crippen LogP contribution is 2.26. The Morgan fingerprint density at radius 3 is 2.37 bits per heavy atom.